The van der Waals surface area contributed by atoms with Crippen molar-refractivity contribution in [3.63, 3.8) is 0 Å². The predicted octanol–water partition coefficient (Wildman–Crippen LogP) is 2.57. The van der Waals surface area contributed by atoms with Crippen LogP contribution in [0.2, 0.25) is 0 Å². The third kappa shape index (κ3) is 5.64. The number of nitrogens with one attached hydrogen (secondary N) is 1. The van der Waals surface area contributed by atoms with E-state index in [0.29, 0.717) is 0 Å². The van der Waals surface area contributed by atoms with Crippen molar-refractivity contribution in [1.29, 1.82) is 0 Å². The van der Waals surface area contributed by atoms with Crippen LogP contribution in [0.25, 0.3) is 0 Å². The largest absolute Gasteiger partial charge is 0.322 e. The Bertz CT molecular complexity index is 1550. The van der Waals surface area contributed by atoms with Crippen LogP contribution < -0.4 is 9.62 Å². The number of amides is 1. The lowest BCUT2D eigenvalue weighted by molar-refractivity contribution is 0.102. The minimum atomic E-state index is -4.02. The molecule has 0 fully saturated rings. The molecule has 0 saturated carbocycles. The molecule has 0 aromatic heterocycles. The first-order valence-electron chi connectivity index (χ1n) is 9.70. The number of sulfonamides is 1. The summed E-state index contributed by atoms with van der Waals surface area (Å²) in [6.07, 6.45) is 2.12. The van der Waals surface area contributed by atoms with Gasteiger partial charge in [0.1, 0.15) is 0 Å². The van der Waals surface area contributed by atoms with Crippen LogP contribution in [0.3, 0.4) is 0 Å². The maximum Gasteiger partial charge on any atom is 0.264 e. The molecule has 3 aromatic rings. The molecule has 0 bridgehead atoms. The molecular weight excluding hydrogens is 500 g/mol. The molecule has 3 aromatic carbocycles. The van der Waals surface area contributed by atoms with E-state index in [9.17, 15) is 30.0 Å². The fourth-order valence-corrected chi connectivity index (χ4v) is 5.49. The number of hydrogen-bond donors (Lipinski definition) is 1. The Morgan fingerprint density at radius 1 is 0.706 bits per heavy atom. The SMILES string of the molecule is CN(c1ccc(S(C)(=O)=O)cc1)S(=O)(=O)c1cccc(NC(=O)c2ccc(S(C)(=O)=O)cc2)c1. The van der Waals surface area contributed by atoms with Crippen molar-refractivity contribution in [2.45, 2.75) is 14.7 Å². The van der Waals surface area contributed by atoms with E-state index in [-0.39, 0.29) is 31.6 Å². The third-order valence-electron chi connectivity index (χ3n) is 4.92. The summed E-state index contributed by atoms with van der Waals surface area (Å²) in [7, 11) is -9.51. The van der Waals surface area contributed by atoms with Crippen LogP contribution in [-0.2, 0) is 29.7 Å². The molecular formula is C22H22N2O7S3. The Hall–Kier alpha value is -3.22. The summed E-state index contributed by atoms with van der Waals surface area (Å²) in [6, 6.07) is 16.4. The summed E-state index contributed by atoms with van der Waals surface area (Å²) in [5.74, 6) is -0.542. The second kappa shape index (κ2) is 9.20. The van der Waals surface area contributed by atoms with Crippen molar-refractivity contribution >= 4 is 47.0 Å². The van der Waals surface area contributed by atoms with Crippen molar-refractivity contribution in [1.82, 2.24) is 0 Å². The van der Waals surface area contributed by atoms with Crippen LogP contribution in [0.1, 0.15) is 10.4 Å². The Morgan fingerprint density at radius 3 is 1.71 bits per heavy atom. The summed E-state index contributed by atoms with van der Waals surface area (Å²) < 4.78 is 73.6. The number of hydrogen-bond acceptors (Lipinski definition) is 7. The van der Waals surface area contributed by atoms with Crippen LogP contribution in [0, 0.1) is 0 Å². The molecule has 3 rings (SSSR count). The molecule has 0 saturated heterocycles. The van der Waals surface area contributed by atoms with Crippen molar-refractivity contribution in [2.75, 3.05) is 29.2 Å². The van der Waals surface area contributed by atoms with Crippen molar-refractivity contribution in [3.05, 3.63) is 78.4 Å². The van der Waals surface area contributed by atoms with Gasteiger partial charge in [-0.3, -0.25) is 9.10 Å². The summed E-state index contributed by atoms with van der Waals surface area (Å²) in [5, 5.41) is 2.59. The molecule has 0 aliphatic heterocycles. The third-order valence-corrected chi connectivity index (χ3v) is 8.96. The molecule has 0 heterocycles. The van der Waals surface area contributed by atoms with Crippen LogP contribution in [0.4, 0.5) is 11.4 Å². The van der Waals surface area contributed by atoms with E-state index in [1.807, 2.05) is 0 Å². The molecule has 34 heavy (non-hydrogen) atoms. The lowest BCUT2D eigenvalue weighted by Gasteiger charge is -2.20. The standard InChI is InChI=1S/C22H22N2O7S3/c1-24(18-9-13-20(14-10-18)33(3,28)29)34(30,31)21-6-4-5-17(15-21)23-22(25)16-7-11-19(12-8-16)32(2,26)27/h4-15H,1-3H3,(H,23,25). The van der Waals surface area contributed by atoms with Gasteiger partial charge in [-0.2, -0.15) is 0 Å². The highest BCUT2D eigenvalue weighted by Crippen LogP contribution is 2.25. The van der Waals surface area contributed by atoms with Crippen LogP contribution in [0.15, 0.2) is 87.5 Å². The zero-order valence-corrected chi connectivity index (χ0v) is 20.9. The fourth-order valence-electron chi connectivity index (χ4n) is 2.99. The van der Waals surface area contributed by atoms with Gasteiger partial charge in [0, 0.05) is 30.8 Å². The summed E-state index contributed by atoms with van der Waals surface area (Å²) in [5.41, 5.74) is 0.677. The van der Waals surface area contributed by atoms with Gasteiger partial charge in [-0.1, -0.05) is 6.07 Å². The van der Waals surface area contributed by atoms with Gasteiger partial charge in [-0.15, -0.1) is 0 Å². The molecule has 0 aliphatic carbocycles. The van der Waals surface area contributed by atoms with Gasteiger partial charge in [0.25, 0.3) is 15.9 Å². The normalized spacial score (nSPS) is 12.2. The molecule has 1 N–H and O–H groups in total. The highest BCUT2D eigenvalue weighted by atomic mass is 32.2. The number of carbonyl (C=O) groups is 1. The molecule has 12 heteroatoms. The number of rotatable bonds is 7. The summed E-state index contributed by atoms with van der Waals surface area (Å²) >= 11 is 0. The second-order valence-electron chi connectivity index (χ2n) is 7.52. The van der Waals surface area contributed by atoms with Gasteiger partial charge in [0.05, 0.1) is 20.4 Å². The highest BCUT2D eigenvalue weighted by molar-refractivity contribution is 7.93. The topological polar surface area (TPSA) is 135 Å². The number of nitrogens with zero attached hydrogens (tertiary/aromatic N) is 1. The van der Waals surface area contributed by atoms with Gasteiger partial charge >= 0.3 is 0 Å². The molecule has 9 nitrogen and oxygen atoms in total. The van der Waals surface area contributed by atoms with Crippen LogP contribution >= 0.6 is 0 Å². The lowest BCUT2D eigenvalue weighted by Crippen LogP contribution is -2.26. The van der Waals surface area contributed by atoms with Crippen LogP contribution in [-0.4, -0.2) is 50.7 Å². The van der Waals surface area contributed by atoms with E-state index in [2.05, 4.69) is 5.32 Å². The summed E-state index contributed by atoms with van der Waals surface area (Å²) in [6.45, 7) is 0. The zero-order valence-electron chi connectivity index (χ0n) is 18.5. The van der Waals surface area contributed by atoms with E-state index in [0.717, 1.165) is 16.8 Å². The average Bonchev–Trinajstić information content (AvgIpc) is 2.77. The number of anilines is 2. The van der Waals surface area contributed by atoms with E-state index >= 15 is 0 Å². The molecule has 0 aliphatic rings. The first-order chi connectivity index (χ1) is 15.7. The lowest BCUT2D eigenvalue weighted by atomic mass is 10.2. The minimum absolute atomic E-state index is 0.0660. The van der Waals surface area contributed by atoms with Gasteiger partial charge in [0.2, 0.25) is 0 Å². The van der Waals surface area contributed by atoms with E-state index in [1.165, 1.54) is 79.8 Å². The van der Waals surface area contributed by atoms with Gasteiger partial charge in [0.15, 0.2) is 19.7 Å². The first-order valence-corrected chi connectivity index (χ1v) is 14.9. The number of sulfone groups is 2. The monoisotopic (exact) mass is 522 g/mol. The zero-order chi connectivity index (χ0) is 25.3. The van der Waals surface area contributed by atoms with E-state index in [4.69, 9.17) is 0 Å². The average molecular weight is 523 g/mol. The number of carbonyl (C=O) groups excluding carboxylic acids is 1. The van der Waals surface area contributed by atoms with Gasteiger partial charge in [-0.25, -0.2) is 25.3 Å². The quantitative estimate of drug-likeness (QED) is 0.504. The molecule has 0 spiro atoms. The maximum absolute atomic E-state index is 13.1. The van der Waals surface area contributed by atoms with Crippen LogP contribution in [0.5, 0.6) is 0 Å². The molecule has 0 radical (unpaired) electrons. The van der Waals surface area contributed by atoms with E-state index < -0.39 is 35.6 Å². The Morgan fingerprint density at radius 2 is 1.21 bits per heavy atom. The smallest absolute Gasteiger partial charge is 0.264 e. The van der Waals surface area contributed by atoms with Crippen molar-refractivity contribution in [3.8, 4) is 0 Å². The molecule has 0 unspecified atom stereocenters. The van der Waals surface area contributed by atoms with Crippen molar-refractivity contribution < 1.29 is 30.0 Å². The van der Waals surface area contributed by atoms with Gasteiger partial charge in [-0.05, 0) is 66.7 Å². The Labute approximate surface area is 198 Å². The van der Waals surface area contributed by atoms with Crippen molar-refractivity contribution in [2.24, 2.45) is 0 Å². The van der Waals surface area contributed by atoms with Gasteiger partial charge < -0.3 is 5.32 Å². The fraction of sp³-hybridized carbons (Fsp3) is 0.136. The molecule has 1 amide bonds. The molecule has 180 valence electrons. The minimum Gasteiger partial charge on any atom is -0.322 e. The first kappa shape index (κ1) is 25.4. The Kier molecular flexibility index (Phi) is 6.87. The highest BCUT2D eigenvalue weighted by Gasteiger charge is 2.22. The Balaban J connectivity index is 1.83. The van der Waals surface area contributed by atoms with E-state index in [1.54, 1.807) is 0 Å². The second-order valence-corrected chi connectivity index (χ2v) is 13.5. The maximum atomic E-state index is 13.1. The predicted molar refractivity (Wildman–Crippen MR) is 129 cm³/mol. The molecule has 0 atom stereocenters. The summed E-state index contributed by atoms with van der Waals surface area (Å²) in [4.78, 5) is 12.6. The number of benzene rings is 3.